The second-order valence-corrected chi connectivity index (χ2v) is 10.9. The first-order valence-electron chi connectivity index (χ1n) is 13.5. The molecule has 1 amide bonds. The third-order valence-corrected chi connectivity index (χ3v) is 8.14. The minimum atomic E-state index is -0.521. The van der Waals surface area contributed by atoms with Gasteiger partial charge in [0.15, 0.2) is 28.3 Å². The van der Waals surface area contributed by atoms with E-state index in [-0.39, 0.29) is 35.7 Å². The maximum absolute atomic E-state index is 12.3. The monoisotopic (exact) mass is 593 g/mol. The molecule has 4 rings (SSSR count). The molecule has 0 aliphatic carbocycles. The third kappa shape index (κ3) is 6.87. The summed E-state index contributed by atoms with van der Waals surface area (Å²) in [6.07, 6.45) is 3.04. The van der Waals surface area contributed by atoms with Gasteiger partial charge in [0.25, 0.3) is 5.91 Å². The third-order valence-electron chi connectivity index (χ3n) is 7.65. The van der Waals surface area contributed by atoms with E-state index in [2.05, 4.69) is 42.1 Å². The lowest BCUT2D eigenvalue weighted by Crippen LogP contribution is -2.58. The Hall–Kier alpha value is -2.90. The fraction of sp³-hybridized carbons (Fsp3) is 0.538. The number of hydrogen-bond donors (Lipinski definition) is 5. The van der Waals surface area contributed by atoms with Crippen molar-refractivity contribution in [1.82, 2.24) is 25.1 Å². The molecule has 0 bridgehead atoms. The predicted octanol–water partition coefficient (Wildman–Crippen LogP) is 1.75. The second kappa shape index (κ2) is 13.6. The first-order chi connectivity index (χ1) is 19.2. The number of rotatable bonds is 9. The minimum Gasteiger partial charge on any atom is -0.409 e. The fourth-order valence-electron chi connectivity index (χ4n) is 5.57. The summed E-state index contributed by atoms with van der Waals surface area (Å²) >= 11 is 12.6. The Bertz CT molecular complexity index is 1220. The molecule has 1 aromatic heterocycles. The Kier molecular flexibility index (Phi) is 10.3. The highest BCUT2D eigenvalue weighted by molar-refractivity contribution is 6.32. The van der Waals surface area contributed by atoms with Crippen LogP contribution in [0.3, 0.4) is 0 Å². The Morgan fingerprint density at radius 3 is 2.62 bits per heavy atom. The summed E-state index contributed by atoms with van der Waals surface area (Å²) in [5, 5.41) is 24.5. The average molecular weight is 595 g/mol. The van der Waals surface area contributed by atoms with Crippen LogP contribution in [0.15, 0.2) is 23.4 Å². The van der Waals surface area contributed by atoms with Gasteiger partial charge in [-0.3, -0.25) is 14.6 Å². The average Bonchev–Trinajstić information content (AvgIpc) is 2.97. The van der Waals surface area contributed by atoms with E-state index >= 15 is 0 Å². The molecule has 2 aromatic rings. The summed E-state index contributed by atoms with van der Waals surface area (Å²) < 4.78 is 0. The molecule has 0 radical (unpaired) electrons. The number of likely N-dealkylation sites (tertiary alicyclic amines) is 1. The number of carbonyl (C=O) groups is 1. The largest absolute Gasteiger partial charge is 0.409 e. The number of nitrogens with two attached hydrogens (primary N) is 2. The van der Waals surface area contributed by atoms with Crippen LogP contribution < -0.4 is 21.7 Å². The number of piperidine rings is 1. The number of aliphatic hydroxyl groups is 1. The Balaban J connectivity index is 1.37. The summed E-state index contributed by atoms with van der Waals surface area (Å²) in [6.45, 7) is 6.96. The van der Waals surface area contributed by atoms with Gasteiger partial charge < -0.3 is 32.0 Å². The van der Waals surface area contributed by atoms with Crippen molar-refractivity contribution in [3.05, 3.63) is 45.2 Å². The molecular formula is C26H37Cl2N9O3. The van der Waals surface area contributed by atoms with E-state index in [0.717, 1.165) is 51.0 Å². The topological polar surface area (TPSA) is 169 Å². The number of aliphatic hydroxyl groups excluding tert-OH is 1. The molecule has 40 heavy (non-hydrogen) atoms. The van der Waals surface area contributed by atoms with Crippen LogP contribution in [0.1, 0.15) is 47.8 Å². The first kappa shape index (κ1) is 30.1. The van der Waals surface area contributed by atoms with E-state index in [1.54, 1.807) is 6.07 Å². The van der Waals surface area contributed by atoms with Gasteiger partial charge in [-0.05, 0) is 50.0 Å². The highest BCUT2D eigenvalue weighted by Crippen LogP contribution is 2.30. The molecule has 2 aliphatic rings. The number of benzene rings is 1. The molecule has 1 atom stereocenters. The minimum absolute atomic E-state index is 0.00792. The van der Waals surface area contributed by atoms with E-state index < -0.39 is 5.91 Å². The van der Waals surface area contributed by atoms with Gasteiger partial charge in [-0.15, -0.1) is 0 Å². The summed E-state index contributed by atoms with van der Waals surface area (Å²) in [6, 6.07) is 6.26. The number of nitrogens with zero attached hydrogens (tertiary/aromatic N) is 6. The van der Waals surface area contributed by atoms with E-state index in [1.807, 2.05) is 12.1 Å². The molecule has 0 spiro atoms. The molecule has 2 saturated heterocycles. The van der Waals surface area contributed by atoms with Crippen LogP contribution in [0, 0.1) is 0 Å². The van der Waals surface area contributed by atoms with Crippen LogP contribution >= 0.6 is 23.2 Å². The quantitative estimate of drug-likeness (QED) is 0.125. The van der Waals surface area contributed by atoms with E-state index in [4.69, 9.17) is 39.8 Å². The molecule has 3 heterocycles. The lowest BCUT2D eigenvalue weighted by molar-refractivity contribution is 0.0610. The Morgan fingerprint density at radius 1 is 1.20 bits per heavy atom. The van der Waals surface area contributed by atoms with Crippen molar-refractivity contribution in [3.8, 4) is 0 Å². The van der Waals surface area contributed by atoms with Crippen molar-refractivity contribution < 1.29 is 15.1 Å². The SMILES string of the molecule is CC[C@H]1CN(c2nc(N)c(C(=O)NCCO)nc2Cl)CCN1C1CCN(Cc2ccc(Cl)cc2/C(N)=N\O)CC1. The number of amidine groups is 1. The Labute approximate surface area is 243 Å². The summed E-state index contributed by atoms with van der Waals surface area (Å²) in [5.41, 5.74) is 13.5. The fourth-order valence-corrected chi connectivity index (χ4v) is 5.99. The van der Waals surface area contributed by atoms with Crippen LogP contribution in [-0.4, -0.2) is 99.8 Å². The van der Waals surface area contributed by atoms with Gasteiger partial charge in [0.1, 0.15) is 0 Å². The molecule has 2 fully saturated rings. The zero-order chi connectivity index (χ0) is 28.8. The predicted molar refractivity (Wildman–Crippen MR) is 156 cm³/mol. The van der Waals surface area contributed by atoms with Crippen molar-refractivity contribution in [2.75, 3.05) is 56.5 Å². The van der Waals surface area contributed by atoms with Crippen molar-refractivity contribution in [3.63, 3.8) is 0 Å². The number of hydrogen-bond acceptors (Lipinski definition) is 10. The van der Waals surface area contributed by atoms with Gasteiger partial charge in [0.2, 0.25) is 0 Å². The molecule has 0 unspecified atom stereocenters. The highest BCUT2D eigenvalue weighted by atomic mass is 35.5. The number of amides is 1. The number of nitrogen functional groups attached to an aromatic ring is 1. The van der Waals surface area contributed by atoms with Gasteiger partial charge in [0.05, 0.1) is 6.61 Å². The molecular weight excluding hydrogens is 557 g/mol. The van der Waals surface area contributed by atoms with Crippen molar-refractivity contribution in [1.29, 1.82) is 0 Å². The molecule has 12 nitrogen and oxygen atoms in total. The zero-order valence-electron chi connectivity index (χ0n) is 22.6. The number of oxime groups is 1. The van der Waals surface area contributed by atoms with Gasteiger partial charge in [0, 0.05) is 55.4 Å². The van der Waals surface area contributed by atoms with Gasteiger partial charge in [-0.2, -0.15) is 0 Å². The standard InChI is InChI=1S/C26H37Cl2N9O3/c1-2-18-15-36(25-22(28)32-21(24(30)33-25)26(39)31-7-12-38)10-11-37(18)19-5-8-35(9-6-19)14-16-3-4-17(27)13-20(16)23(29)34-40/h3-4,13,18-19,38,40H,2,5-12,14-15H2,1H3,(H2,29,34)(H2,30,33)(H,31,39)/t18-/m0/s1. The highest BCUT2D eigenvalue weighted by Gasteiger charge is 2.34. The van der Waals surface area contributed by atoms with E-state index in [9.17, 15) is 10.0 Å². The molecule has 1 aromatic carbocycles. The smallest absolute Gasteiger partial charge is 0.273 e. The summed E-state index contributed by atoms with van der Waals surface area (Å²) in [7, 11) is 0. The summed E-state index contributed by atoms with van der Waals surface area (Å²) in [5.74, 6) is 0.0263. The number of anilines is 2. The lowest BCUT2D eigenvalue weighted by atomic mass is 9.97. The molecule has 2 aliphatic heterocycles. The number of piperazine rings is 1. The van der Waals surface area contributed by atoms with Crippen LogP contribution in [0.25, 0.3) is 0 Å². The number of aromatic nitrogens is 2. The maximum Gasteiger partial charge on any atom is 0.273 e. The first-order valence-corrected chi connectivity index (χ1v) is 14.2. The zero-order valence-corrected chi connectivity index (χ0v) is 24.1. The lowest BCUT2D eigenvalue weighted by Gasteiger charge is -2.47. The number of nitrogens with one attached hydrogen (secondary N) is 1. The van der Waals surface area contributed by atoms with Crippen molar-refractivity contribution in [2.45, 2.75) is 44.8 Å². The van der Waals surface area contributed by atoms with Crippen molar-refractivity contribution >= 4 is 46.6 Å². The molecule has 0 saturated carbocycles. The Morgan fingerprint density at radius 2 is 1.95 bits per heavy atom. The van der Waals surface area contributed by atoms with Crippen LogP contribution in [0.5, 0.6) is 0 Å². The van der Waals surface area contributed by atoms with Crippen LogP contribution in [0.2, 0.25) is 10.2 Å². The second-order valence-electron chi connectivity index (χ2n) is 10.1. The van der Waals surface area contributed by atoms with Gasteiger partial charge >= 0.3 is 0 Å². The van der Waals surface area contributed by atoms with E-state index in [1.165, 1.54) is 0 Å². The molecule has 14 heteroatoms. The van der Waals surface area contributed by atoms with Crippen LogP contribution in [-0.2, 0) is 6.54 Å². The molecule has 7 N–H and O–H groups in total. The van der Waals surface area contributed by atoms with Crippen molar-refractivity contribution in [2.24, 2.45) is 10.9 Å². The van der Waals surface area contributed by atoms with Crippen LogP contribution in [0.4, 0.5) is 11.6 Å². The summed E-state index contributed by atoms with van der Waals surface area (Å²) in [4.78, 5) is 28.0. The maximum atomic E-state index is 12.3. The van der Waals surface area contributed by atoms with E-state index in [0.29, 0.717) is 41.6 Å². The van der Waals surface area contributed by atoms with Gasteiger partial charge in [-0.25, -0.2) is 9.97 Å². The molecule has 218 valence electrons. The number of halogens is 2. The normalized spacial score (nSPS) is 19.6. The van der Waals surface area contributed by atoms with Gasteiger partial charge in [-0.1, -0.05) is 41.3 Å². The number of carbonyl (C=O) groups excluding carboxylic acids is 1.